The van der Waals surface area contributed by atoms with Crippen LogP contribution >= 0.6 is 0 Å². The number of hydrogen-bond acceptors (Lipinski definition) is 5. The zero-order valence-electron chi connectivity index (χ0n) is 11.2. The van der Waals surface area contributed by atoms with Crippen molar-refractivity contribution in [2.45, 2.75) is 19.4 Å². The Balaban J connectivity index is 1.60. The lowest BCUT2D eigenvalue weighted by Gasteiger charge is -2.13. The minimum absolute atomic E-state index is 0.00795. The van der Waals surface area contributed by atoms with Crippen LogP contribution in [0.2, 0.25) is 0 Å². The summed E-state index contributed by atoms with van der Waals surface area (Å²) in [6.07, 6.45) is 2.56. The molecule has 1 aliphatic rings. The Kier molecular flexibility index (Phi) is 3.56. The lowest BCUT2D eigenvalue weighted by Crippen LogP contribution is -2.23. The Bertz CT molecular complexity index is 576. The van der Waals surface area contributed by atoms with Crippen molar-refractivity contribution in [2.24, 2.45) is 5.92 Å². The monoisotopic (exact) mass is 276 g/mol. The number of nitrogens with zero attached hydrogens (tertiary/aromatic N) is 1. The maximum absolute atomic E-state index is 11.9. The minimum Gasteiger partial charge on any atom is -0.463 e. The van der Waals surface area contributed by atoms with Crippen LogP contribution in [0.1, 0.15) is 23.8 Å². The lowest BCUT2D eigenvalue weighted by molar-refractivity contribution is 0.00753. The first-order valence-electron chi connectivity index (χ1n) is 6.62. The van der Waals surface area contributed by atoms with Gasteiger partial charge in [0, 0.05) is 12.7 Å². The maximum atomic E-state index is 11.9. The number of nitrogens with one attached hydrogen (secondary N) is 1. The molecular weight excluding hydrogens is 260 g/mol. The average Bonchev–Trinajstić information content (AvgIpc) is 3.17. The molecule has 0 spiro atoms. The average molecular weight is 276 g/mol. The Morgan fingerprint density at radius 3 is 3.20 bits per heavy atom. The number of furan rings is 1. The summed E-state index contributed by atoms with van der Waals surface area (Å²) in [6.45, 7) is 3.10. The Morgan fingerprint density at radius 2 is 2.50 bits per heavy atom. The highest BCUT2D eigenvalue weighted by molar-refractivity contribution is 5.88. The molecule has 0 aliphatic carbocycles. The van der Waals surface area contributed by atoms with Gasteiger partial charge in [-0.3, -0.25) is 5.10 Å². The van der Waals surface area contributed by atoms with Crippen LogP contribution in [0.25, 0.3) is 11.5 Å². The van der Waals surface area contributed by atoms with Gasteiger partial charge in [-0.1, -0.05) is 6.92 Å². The first-order valence-corrected chi connectivity index (χ1v) is 6.62. The zero-order chi connectivity index (χ0) is 13.9. The van der Waals surface area contributed by atoms with Crippen molar-refractivity contribution in [3.63, 3.8) is 0 Å². The van der Waals surface area contributed by atoms with E-state index in [1.165, 1.54) is 0 Å². The molecule has 0 amide bonds. The van der Waals surface area contributed by atoms with Crippen LogP contribution in [0.15, 0.2) is 28.9 Å². The second kappa shape index (κ2) is 5.50. The summed E-state index contributed by atoms with van der Waals surface area (Å²) in [5.74, 6) is 0.592. The fourth-order valence-electron chi connectivity index (χ4n) is 2.18. The molecule has 1 N–H and O–H groups in total. The van der Waals surface area contributed by atoms with Crippen molar-refractivity contribution in [2.75, 3.05) is 13.2 Å². The molecule has 0 aromatic carbocycles. The van der Waals surface area contributed by atoms with E-state index in [1.807, 2.05) is 0 Å². The first-order chi connectivity index (χ1) is 9.74. The van der Waals surface area contributed by atoms with Gasteiger partial charge in [0.2, 0.25) is 0 Å². The summed E-state index contributed by atoms with van der Waals surface area (Å²) < 4.78 is 16.0. The molecule has 1 aliphatic heterocycles. The van der Waals surface area contributed by atoms with Crippen LogP contribution in [-0.2, 0) is 9.47 Å². The van der Waals surface area contributed by atoms with E-state index >= 15 is 0 Å². The van der Waals surface area contributed by atoms with Crippen molar-refractivity contribution in [3.8, 4) is 11.5 Å². The van der Waals surface area contributed by atoms with Gasteiger partial charge in [-0.25, -0.2) is 4.79 Å². The van der Waals surface area contributed by atoms with Gasteiger partial charge in [0.05, 0.1) is 12.4 Å². The van der Waals surface area contributed by atoms with E-state index in [-0.39, 0.29) is 12.7 Å². The molecule has 0 saturated carbocycles. The number of aromatic nitrogens is 2. The Morgan fingerprint density at radius 1 is 1.60 bits per heavy atom. The number of H-pyrrole nitrogens is 1. The number of aromatic amines is 1. The van der Waals surface area contributed by atoms with E-state index in [2.05, 4.69) is 17.1 Å². The third kappa shape index (κ3) is 2.60. The normalized spacial score (nSPS) is 22.1. The minimum atomic E-state index is -0.432. The van der Waals surface area contributed by atoms with Gasteiger partial charge >= 0.3 is 5.97 Å². The molecule has 0 unspecified atom stereocenters. The fourth-order valence-corrected chi connectivity index (χ4v) is 2.18. The SMILES string of the molecule is C[C@@H]1CCO[C@@H]1COC(=O)c1cc(-c2ccco2)n[nH]1. The van der Waals surface area contributed by atoms with Crippen molar-refractivity contribution < 1.29 is 18.7 Å². The fraction of sp³-hybridized carbons (Fsp3) is 0.429. The second-order valence-electron chi connectivity index (χ2n) is 4.92. The molecule has 3 rings (SSSR count). The van der Waals surface area contributed by atoms with Gasteiger partial charge in [-0.05, 0) is 24.5 Å². The van der Waals surface area contributed by atoms with Crippen LogP contribution < -0.4 is 0 Å². The molecule has 1 saturated heterocycles. The molecule has 6 heteroatoms. The van der Waals surface area contributed by atoms with E-state index in [1.54, 1.807) is 24.5 Å². The summed E-state index contributed by atoms with van der Waals surface area (Å²) in [6, 6.07) is 5.15. The summed E-state index contributed by atoms with van der Waals surface area (Å²) in [5.41, 5.74) is 0.884. The van der Waals surface area contributed by atoms with Crippen LogP contribution in [-0.4, -0.2) is 35.5 Å². The molecule has 2 aromatic rings. The van der Waals surface area contributed by atoms with Crippen molar-refractivity contribution in [3.05, 3.63) is 30.2 Å². The molecule has 6 nitrogen and oxygen atoms in total. The molecule has 2 aromatic heterocycles. The number of esters is 1. The topological polar surface area (TPSA) is 77.3 Å². The third-order valence-electron chi connectivity index (χ3n) is 3.49. The van der Waals surface area contributed by atoms with Crippen molar-refractivity contribution >= 4 is 5.97 Å². The van der Waals surface area contributed by atoms with Crippen LogP contribution in [0, 0.1) is 5.92 Å². The number of hydrogen-bond donors (Lipinski definition) is 1. The predicted molar refractivity (Wildman–Crippen MR) is 70.1 cm³/mol. The van der Waals surface area contributed by atoms with E-state index in [0.717, 1.165) is 13.0 Å². The highest BCUT2D eigenvalue weighted by Gasteiger charge is 2.26. The molecule has 0 radical (unpaired) electrons. The molecule has 2 atom stereocenters. The van der Waals surface area contributed by atoms with Gasteiger partial charge in [-0.15, -0.1) is 0 Å². The van der Waals surface area contributed by atoms with E-state index in [9.17, 15) is 4.79 Å². The number of carbonyl (C=O) groups is 1. The van der Waals surface area contributed by atoms with E-state index in [4.69, 9.17) is 13.9 Å². The van der Waals surface area contributed by atoms with Gasteiger partial charge in [0.1, 0.15) is 18.0 Å². The quantitative estimate of drug-likeness (QED) is 0.867. The first kappa shape index (κ1) is 12.9. The van der Waals surface area contributed by atoms with Crippen molar-refractivity contribution in [1.29, 1.82) is 0 Å². The van der Waals surface area contributed by atoms with Crippen LogP contribution in [0.3, 0.4) is 0 Å². The zero-order valence-corrected chi connectivity index (χ0v) is 11.2. The number of carbonyl (C=O) groups excluding carboxylic acids is 1. The van der Waals surface area contributed by atoms with Gasteiger partial charge < -0.3 is 13.9 Å². The lowest BCUT2D eigenvalue weighted by atomic mass is 10.1. The summed E-state index contributed by atoms with van der Waals surface area (Å²) >= 11 is 0. The highest BCUT2D eigenvalue weighted by Crippen LogP contribution is 2.21. The second-order valence-corrected chi connectivity index (χ2v) is 4.92. The van der Waals surface area contributed by atoms with Gasteiger partial charge in [0.25, 0.3) is 0 Å². The standard InChI is InChI=1S/C14H16N2O4/c1-9-4-6-19-13(9)8-20-14(17)11-7-10(15-16-11)12-3-2-5-18-12/h2-3,5,7,9,13H,4,6,8H2,1H3,(H,15,16)/t9-,13-/m1/s1. The summed E-state index contributed by atoms with van der Waals surface area (Å²) in [4.78, 5) is 11.9. The van der Waals surface area contributed by atoms with E-state index < -0.39 is 5.97 Å². The largest absolute Gasteiger partial charge is 0.463 e. The molecule has 3 heterocycles. The molecule has 0 bridgehead atoms. The number of ether oxygens (including phenoxy) is 2. The Hall–Kier alpha value is -2.08. The molecule has 20 heavy (non-hydrogen) atoms. The third-order valence-corrected chi connectivity index (χ3v) is 3.49. The molecular formula is C14H16N2O4. The smallest absolute Gasteiger partial charge is 0.356 e. The molecule has 106 valence electrons. The highest BCUT2D eigenvalue weighted by atomic mass is 16.6. The van der Waals surface area contributed by atoms with Crippen molar-refractivity contribution in [1.82, 2.24) is 10.2 Å². The maximum Gasteiger partial charge on any atom is 0.356 e. The Labute approximate surface area is 116 Å². The van der Waals surface area contributed by atoms with Gasteiger partial charge in [0.15, 0.2) is 5.76 Å². The van der Waals surface area contributed by atoms with E-state index in [0.29, 0.717) is 23.1 Å². The van der Waals surface area contributed by atoms with Crippen LogP contribution in [0.4, 0.5) is 0 Å². The summed E-state index contributed by atoms with van der Waals surface area (Å²) in [7, 11) is 0. The number of rotatable bonds is 4. The predicted octanol–water partition coefficient (Wildman–Crippen LogP) is 2.25. The van der Waals surface area contributed by atoms with Gasteiger partial charge in [-0.2, -0.15) is 5.10 Å². The van der Waals surface area contributed by atoms with Crippen LogP contribution in [0.5, 0.6) is 0 Å². The summed E-state index contributed by atoms with van der Waals surface area (Å²) in [5, 5.41) is 6.68. The molecule has 1 fully saturated rings.